The molecule has 2 unspecified atom stereocenters. The maximum Gasteiger partial charge on any atom is 0.223 e. The molecule has 94 valence electrons. The number of hydrogen-bond donors (Lipinski definition) is 2. The molecule has 0 aromatic rings. The number of hydrogen-bond acceptors (Lipinski definition) is 3. The SMILES string of the molecule is CCNCC(O)CN1CC(C(C)C)CC1=O. The van der Waals surface area contributed by atoms with Gasteiger partial charge in [-0.05, 0) is 18.4 Å². The lowest BCUT2D eigenvalue weighted by Crippen LogP contribution is -2.39. The molecule has 4 heteroatoms. The van der Waals surface area contributed by atoms with Gasteiger partial charge < -0.3 is 15.3 Å². The Hall–Kier alpha value is -0.610. The summed E-state index contributed by atoms with van der Waals surface area (Å²) in [5, 5.41) is 12.8. The van der Waals surface area contributed by atoms with Crippen LogP contribution < -0.4 is 5.32 Å². The smallest absolute Gasteiger partial charge is 0.223 e. The predicted molar refractivity (Wildman–Crippen MR) is 64.1 cm³/mol. The van der Waals surface area contributed by atoms with Crippen LogP contribution in [0.5, 0.6) is 0 Å². The number of nitrogens with one attached hydrogen (secondary N) is 1. The quantitative estimate of drug-likeness (QED) is 0.694. The molecule has 1 heterocycles. The number of carbonyl (C=O) groups is 1. The van der Waals surface area contributed by atoms with Crippen LogP contribution in [0.15, 0.2) is 0 Å². The van der Waals surface area contributed by atoms with Gasteiger partial charge in [-0.1, -0.05) is 20.8 Å². The van der Waals surface area contributed by atoms with Gasteiger partial charge in [0.05, 0.1) is 6.10 Å². The highest BCUT2D eigenvalue weighted by Crippen LogP contribution is 2.24. The van der Waals surface area contributed by atoms with E-state index in [2.05, 4.69) is 19.2 Å². The molecule has 16 heavy (non-hydrogen) atoms. The average Bonchev–Trinajstić information content (AvgIpc) is 2.57. The topological polar surface area (TPSA) is 52.6 Å². The number of likely N-dealkylation sites (N-methyl/N-ethyl adjacent to an activating group) is 1. The molecule has 0 saturated carbocycles. The van der Waals surface area contributed by atoms with Crippen LogP contribution in [0.2, 0.25) is 0 Å². The van der Waals surface area contributed by atoms with Crippen molar-refractivity contribution in [1.82, 2.24) is 10.2 Å². The maximum absolute atomic E-state index is 11.7. The number of β-amino-alcohol motifs (C(OH)–C–C–N with tert-alkyl or cyclic N) is 1. The molecule has 1 saturated heterocycles. The van der Waals surface area contributed by atoms with Crippen molar-refractivity contribution in [2.45, 2.75) is 33.3 Å². The van der Waals surface area contributed by atoms with Gasteiger partial charge in [-0.2, -0.15) is 0 Å². The minimum absolute atomic E-state index is 0.189. The highest BCUT2D eigenvalue weighted by molar-refractivity contribution is 5.78. The van der Waals surface area contributed by atoms with Crippen LogP contribution >= 0.6 is 0 Å². The molecule has 0 aliphatic carbocycles. The van der Waals surface area contributed by atoms with Gasteiger partial charge in [0.25, 0.3) is 0 Å². The van der Waals surface area contributed by atoms with E-state index in [0.29, 0.717) is 31.3 Å². The zero-order valence-corrected chi connectivity index (χ0v) is 10.6. The maximum atomic E-state index is 11.7. The van der Waals surface area contributed by atoms with Gasteiger partial charge in [0.15, 0.2) is 0 Å². The third-order valence-corrected chi connectivity index (χ3v) is 3.25. The summed E-state index contributed by atoms with van der Waals surface area (Å²) in [4.78, 5) is 13.5. The Bertz CT molecular complexity index is 231. The summed E-state index contributed by atoms with van der Waals surface area (Å²) in [6, 6.07) is 0. The molecular formula is C12H24N2O2. The molecular weight excluding hydrogens is 204 g/mol. The Labute approximate surface area is 98.0 Å². The van der Waals surface area contributed by atoms with E-state index in [1.807, 2.05) is 6.92 Å². The molecule has 0 aromatic carbocycles. The molecule has 1 fully saturated rings. The first-order chi connectivity index (χ1) is 7.54. The monoisotopic (exact) mass is 228 g/mol. The van der Waals surface area contributed by atoms with Gasteiger partial charge in [-0.15, -0.1) is 0 Å². The van der Waals surface area contributed by atoms with Crippen LogP contribution in [0.25, 0.3) is 0 Å². The van der Waals surface area contributed by atoms with Crippen LogP contribution in [0.4, 0.5) is 0 Å². The Morgan fingerprint density at radius 2 is 2.25 bits per heavy atom. The Morgan fingerprint density at radius 1 is 1.56 bits per heavy atom. The van der Waals surface area contributed by atoms with Gasteiger partial charge in [-0.3, -0.25) is 4.79 Å². The van der Waals surface area contributed by atoms with E-state index in [9.17, 15) is 9.90 Å². The second-order valence-corrected chi connectivity index (χ2v) is 4.97. The Morgan fingerprint density at radius 3 is 2.75 bits per heavy atom. The predicted octanol–water partition coefficient (Wildman–Crippen LogP) is 0.461. The summed E-state index contributed by atoms with van der Waals surface area (Å²) in [5.41, 5.74) is 0. The summed E-state index contributed by atoms with van der Waals surface area (Å²) in [7, 11) is 0. The molecule has 1 amide bonds. The molecule has 4 nitrogen and oxygen atoms in total. The summed E-state index contributed by atoms with van der Waals surface area (Å²) in [6.45, 7) is 8.98. The number of rotatable bonds is 6. The zero-order valence-electron chi connectivity index (χ0n) is 10.6. The van der Waals surface area contributed by atoms with Gasteiger partial charge in [0, 0.05) is 26.1 Å². The van der Waals surface area contributed by atoms with Crippen LogP contribution in [0, 0.1) is 11.8 Å². The van der Waals surface area contributed by atoms with E-state index in [1.165, 1.54) is 0 Å². The van der Waals surface area contributed by atoms with Crippen molar-refractivity contribution in [3.63, 3.8) is 0 Å². The lowest BCUT2D eigenvalue weighted by Gasteiger charge is -2.21. The van der Waals surface area contributed by atoms with Crippen molar-refractivity contribution in [2.24, 2.45) is 11.8 Å². The highest BCUT2D eigenvalue weighted by Gasteiger charge is 2.32. The number of nitrogens with zero attached hydrogens (tertiary/aromatic N) is 1. The molecule has 0 aromatic heterocycles. The number of amides is 1. The third-order valence-electron chi connectivity index (χ3n) is 3.25. The minimum atomic E-state index is -0.449. The molecule has 1 rings (SSSR count). The molecule has 1 aliphatic heterocycles. The standard InChI is InChI=1S/C12H24N2O2/c1-4-13-6-11(15)8-14-7-10(9(2)3)5-12(14)16/h9-11,13,15H,4-8H2,1-3H3. The van der Waals surface area contributed by atoms with E-state index in [0.717, 1.165) is 13.1 Å². The molecule has 1 aliphatic rings. The lowest BCUT2D eigenvalue weighted by atomic mass is 9.95. The van der Waals surface area contributed by atoms with Crippen LogP contribution in [-0.4, -0.2) is 48.2 Å². The average molecular weight is 228 g/mol. The van der Waals surface area contributed by atoms with Crippen molar-refractivity contribution in [3.8, 4) is 0 Å². The van der Waals surface area contributed by atoms with E-state index < -0.39 is 6.10 Å². The second kappa shape index (κ2) is 6.21. The first-order valence-electron chi connectivity index (χ1n) is 6.21. The number of likely N-dealkylation sites (tertiary alicyclic amines) is 1. The van der Waals surface area contributed by atoms with E-state index >= 15 is 0 Å². The lowest BCUT2D eigenvalue weighted by molar-refractivity contribution is -0.128. The van der Waals surface area contributed by atoms with Gasteiger partial charge >= 0.3 is 0 Å². The van der Waals surface area contributed by atoms with Crippen molar-refractivity contribution >= 4 is 5.91 Å². The third kappa shape index (κ3) is 3.76. The summed E-state index contributed by atoms with van der Waals surface area (Å²) >= 11 is 0. The zero-order chi connectivity index (χ0) is 12.1. The van der Waals surface area contributed by atoms with Crippen molar-refractivity contribution in [1.29, 1.82) is 0 Å². The molecule has 0 bridgehead atoms. The molecule has 2 N–H and O–H groups in total. The second-order valence-electron chi connectivity index (χ2n) is 4.97. The van der Waals surface area contributed by atoms with Crippen LogP contribution in [-0.2, 0) is 4.79 Å². The highest BCUT2D eigenvalue weighted by atomic mass is 16.3. The van der Waals surface area contributed by atoms with Crippen LogP contribution in [0.3, 0.4) is 0 Å². The first-order valence-corrected chi connectivity index (χ1v) is 6.21. The van der Waals surface area contributed by atoms with Crippen LogP contribution in [0.1, 0.15) is 27.2 Å². The Balaban J connectivity index is 2.35. The summed E-state index contributed by atoms with van der Waals surface area (Å²) in [6.07, 6.45) is 0.195. The summed E-state index contributed by atoms with van der Waals surface area (Å²) in [5.74, 6) is 1.19. The number of aliphatic hydroxyl groups is 1. The Kier molecular flexibility index (Phi) is 5.22. The van der Waals surface area contributed by atoms with E-state index in [4.69, 9.17) is 0 Å². The van der Waals surface area contributed by atoms with Gasteiger partial charge in [-0.25, -0.2) is 0 Å². The van der Waals surface area contributed by atoms with Crippen molar-refractivity contribution in [3.05, 3.63) is 0 Å². The molecule has 0 spiro atoms. The normalized spacial score (nSPS) is 23.2. The van der Waals surface area contributed by atoms with Gasteiger partial charge in [0.1, 0.15) is 0 Å². The number of carbonyl (C=O) groups excluding carboxylic acids is 1. The largest absolute Gasteiger partial charge is 0.390 e. The fraction of sp³-hybridized carbons (Fsp3) is 0.917. The van der Waals surface area contributed by atoms with Crippen molar-refractivity contribution < 1.29 is 9.90 Å². The van der Waals surface area contributed by atoms with E-state index in [-0.39, 0.29) is 5.91 Å². The van der Waals surface area contributed by atoms with Crippen molar-refractivity contribution in [2.75, 3.05) is 26.2 Å². The minimum Gasteiger partial charge on any atom is -0.390 e. The van der Waals surface area contributed by atoms with E-state index in [1.54, 1.807) is 4.90 Å². The summed E-state index contributed by atoms with van der Waals surface area (Å²) < 4.78 is 0. The fourth-order valence-corrected chi connectivity index (χ4v) is 2.06. The van der Waals surface area contributed by atoms with Gasteiger partial charge in [0.2, 0.25) is 5.91 Å². The number of aliphatic hydroxyl groups excluding tert-OH is 1. The first kappa shape index (κ1) is 13.5. The fourth-order valence-electron chi connectivity index (χ4n) is 2.06. The molecule has 2 atom stereocenters. The molecule has 0 radical (unpaired) electrons.